The first kappa shape index (κ1) is 12.4. The van der Waals surface area contributed by atoms with Crippen LogP contribution in [0.15, 0.2) is 18.2 Å². The molecule has 0 radical (unpaired) electrons. The lowest BCUT2D eigenvalue weighted by molar-refractivity contribution is -0.118. The minimum atomic E-state index is -0.520. The van der Waals surface area contributed by atoms with E-state index in [1.165, 1.54) is 0 Å². The van der Waals surface area contributed by atoms with Crippen LogP contribution in [0.3, 0.4) is 0 Å². The zero-order chi connectivity index (χ0) is 13.2. The number of carbonyl (C=O) groups excluding carboxylic acids is 1. The summed E-state index contributed by atoms with van der Waals surface area (Å²) in [5, 5.41) is 13.2. The molecule has 2 aliphatic rings. The van der Waals surface area contributed by atoms with E-state index in [1.54, 1.807) is 12.1 Å². The second-order valence-corrected chi connectivity index (χ2v) is 4.99. The highest BCUT2D eigenvalue weighted by Crippen LogP contribution is 2.35. The number of carbonyl (C=O) groups is 1. The average molecular weight is 263 g/mol. The monoisotopic (exact) mass is 263 g/mol. The molecule has 1 saturated heterocycles. The lowest BCUT2D eigenvalue weighted by atomic mass is 9.89. The number of fused-ring (bicyclic) bond motifs is 1. The van der Waals surface area contributed by atoms with Crippen LogP contribution in [0.5, 0.6) is 5.75 Å². The van der Waals surface area contributed by atoms with Crippen LogP contribution in [0, 0.1) is 5.92 Å². The van der Waals surface area contributed by atoms with Gasteiger partial charge in [0, 0.05) is 13.2 Å². The molecular weight excluding hydrogens is 246 g/mol. The van der Waals surface area contributed by atoms with E-state index in [1.807, 2.05) is 6.07 Å². The molecule has 3 rings (SSSR count). The lowest BCUT2D eigenvalue weighted by Crippen LogP contribution is -2.26. The SMILES string of the molecule is O=C1COc2ccc(C(O)C3CCOCC3)cc2N1. The van der Waals surface area contributed by atoms with E-state index < -0.39 is 6.10 Å². The van der Waals surface area contributed by atoms with Gasteiger partial charge < -0.3 is 19.9 Å². The summed E-state index contributed by atoms with van der Waals surface area (Å²) in [6.45, 7) is 1.45. The highest BCUT2D eigenvalue weighted by molar-refractivity contribution is 5.95. The molecule has 5 nitrogen and oxygen atoms in total. The maximum Gasteiger partial charge on any atom is 0.262 e. The first-order chi connectivity index (χ1) is 9.24. The predicted octanol–water partition coefficient (Wildman–Crippen LogP) is 1.48. The summed E-state index contributed by atoms with van der Waals surface area (Å²) in [4.78, 5) is 11.3. The van der Waals surface area contributed by atoms with Gasteiger partial charge in [-0.1, -0.05) is 6.07 Å². The fourth-order valence-electron chi connectivity index (χ4n) is 2.59. The molecule has 2 N–H and O–H groups in total. The van der Waals surface area contributed by atoms with E-state index in [4.69, 9.17) is 9.47 Å². The molecule has 5 heteroatoms. The number of hydrogen-bond donors (Lipinski definition) is 2. The minimum Gasteiger partial charge on any atom is -0.482 e. The zero-order valence-electron chi connectivity index (χ0n) is 10.6. The molecule has 0 bridgehead atoms. The van der Waals surface area contributed by atoms with E-state index in [9.17, 15) is 9.90 Å². The van der Waals surface area contributed by atoms with Gasteiger partial charge in [-0.2, -0.15) is 0 Å². The lowest BCUT2D eigenvalue weighted by Gasteiger charge is -2.28. The molecule has 1 atom stereocenters. The van der Waals surface area contributed by atoms with Crippen LogP contribution in [-0.2, 0) is 9.53 Å². The minimum absolute atomic E-state index is 0.0505. The molecule has 1 amide bonds. The Morgan fingerprint density at radius 2 is 2.11 bits per heavy atom. The Hall–Kier alpha value is -1.59. The van der Waals surface area contributed by atoms with Gasteiger partial charge >= 0.3 is 0 Å². The Balaban J connectivity index is 1.80. The molecule has 0 aliphatic carbocycles. The fraction of sp³-hybridized carbons (Fsp3) is 0.500. The van der Waals surface area contributed by atoms with Crippen LogP contribution >= 0.6 is 0 Å². The summed E-state index contributed by atoms with van der Waals surface area (Å²) in [6.07, 6.45) is 1.20. The molecule has 0 aromatic heterocycles. The second-order valence-electron chi connectivity index (χ2n) is 4.99. The zero-order valence-corrected chi connectivity index (χ0v) is 10.6. The van der Waals surface area contributed by atoms with Gasteiger partial charge in [0.2, 0.25) is 0 Å². The van der Waals surface area contributed by atoms with Gasteiger partial charge in [-0.25, -0.2) is 0 Å². The Labute approximate surface area is 111 Å². The van der Waals surface area contributed by atoms with Crippen molar-refractivity contribution < 1.29 is 19.4 Å². The summed E-state index contributed by atoms with van der Waals surface area (Å²) >= 11 is 0. The highest BCUT2D eigenvalue weighted by Gasteiger charge is 2.25. The van der Waals surface area contributed by atoms with Crippen molar-refractivity contribution in [3.8, 4) is 5.75 Å². The Kier molecular flexibility index (Phi) is 3.40. The van der Waals surface area contributed by atoms with Crippen LogP contribution in [0.2, 0.25) is 0 Å². The molecule has 0 saturated carbocycles. The second kappa shape index (κ2) is 5.19. The van der Waals surface area contributed by atoms with Gasteiger partial charge in [0.15, 0.2) is 6.61 Å². The summed E-state index contributed by atoms with van der Waals surface area (Å²) in [7, 11) is 0. The van der Waals surface area contributed by atoms with Crippen molar-refractivity contribution in [1.29, 1.82) is 0 Å². The number of rotatable bonds is 2. The summed E-state index contributed by atoms with van der Waals surface area (Å²) in [5.41, 5.74) is 1.45. The number of hydrogen-bond acceptors (Lipinski definition) is 4. The highest BCUT2D eigenvalue weighted by atomic mass is 16.5. The van der Waals surface area contributed by atoms with Gasteiger partial charge in [-0.3, -0.25) is 4.79 Å². The van der Waals surface area contributed by atoms with Gasteiger partial charge in [-0.05, 0) is 36.5 Å². The van der Waals surface area contributed by atoms with Crippen LogP contribution in [0.25, 0.3) is 0 Å². The number of anilines is 1. The summed E-state index contributed by atoms with van der Waals surface area (Å²) in [5.74, 6) is 0.708. The predicted molar refractivity (Wildman–Crippen MR) is 69.1 cm³/mol. The van der Waals surface area contributed by atoms with E-state index in [0.29, 0.717) is 24.7 Å². The van der Waals surface area contributed by atoms with Crippen molar-refractivity contribution >= 4 is 11.6 Å². The fourth-order valence-corrected chi connectivity index (χ4v) is 2.59. The van der Waals surface area contributed by atoms with Gasteiger partial charge in [0.1, 0.15) is 5.75 Å². The first-order valence-corrected chi connectivity index (χ1v) is 6.56. The summed E-state index contributed by atoms with van der Waals surface area (Å²) < 4.78 is 10.6. The normalized spacial score (nSPS) is 21.2. The quantitative estimate of drug-likeness (QED) is 0.848. The van der Waals surface area contributed by atoms with Crippen LogP contribution in [0.4, 0.5) is 5.69 Å². The van der Waals surface area contributed by atoms with Crippen LogP contribution in [-0.4, -0.2) is 30.8 Å². The van der Waals surface area contributed by atoms with Crippen LogP contribution < -0.4 is 10.1 Å². The Morgan fingerprint density at radius 1 is 1.32 bits per heavy atom. The molecule has 2 heterocycles. The number of nitrogens with one attached hydrogen (secondary N) is 1. The third-order valence-electron chi connectivity index (χ3n) is 3.69. The van der Waals surface area contributed by atoms with Gasteiger partial charge in [-0.15, -0.1) is 0 Å². The van der Waals surface area contributed by atoms with Gasteiger partial charge in [0.05, 0.1) is 11.8 Å². The van der Waals surface area contributed by atoms with Crippen molar-refractivity contribution in [3.05, 3.63) is 23.8 Å². The maximum absolute atomic E-state index is 11.3. The van der Waals surface area contributed by atoms with E-state index in [2.05, 4.69) is 5.32 Å². The number of benzene rings is 1. The third-order valence-corrected chi connectivity index (χ3v) is 3.69. The molecule has 1 fully saturated rings. The van der Waals surface area contributed by atoms with E-state index in [0.717, 1.165) is 18.4 Å². The molecule has 1 aromatic carbocycles. The number of aliphatic hydroxyl groups is 1. The number of ether oxygens (including phenoxy) is 2. The molecule has 102 valence electrons. The topological polar surface area (TPSA) is 67.8 Å². The molecular formula is C14H17NO4. The number of aliphatic hydroxyl groups excluding tert-OH is 1. The van der Waals surface area contributed by atoms with Crippen molar-refractivity contribution in [3.63, 3.8) is 0 Å². The van der Waals surface area contributed by atoms with Crippen molar-refractivity contribution in [2.24, 2.45) is 5.92 Å². The van der Waals surface area contributed by atoms with Crippen molar-refractivity contribution in [2.45, 2.75) is 18.9 Å². The average Bonchev–Trinajstić information content (AvgIpc) is 2.46. The Bertz CT molecular complexity index is 482. The van der Waals surface area contributed by atoms with Crippen molar-refractivity contribution in [1.82, 2.24) is 0 Å². The Morgan fingerprint density at radius 3 is 2.89 bits per heavy atom. The van der Waals surface area contributed by atoms with Gasteiger partial charge in [0.25, 0.3) is 5.91 Å². The molecule has 1 unspecified atom stereocenters. The molecule has 1 aromatic rings. The van der Waals surface area contributed by atoms with Crippen LogP contribution in [0.1, 0.15) is 24.5 Å². The molecule has 0 spiro atoms. The van der Waals surface area contributed by atoms with E-state index >= 15 is 0 Å². The standard InChI is InChI=1S/C14H17NO4/c16-13-8-19-12-2-1-10(7-11(12)15-13)14(17)9-3-5-18-6-4-9/h1-2,7,9,14,17H,3-6,8H2,(H,15,16). The van der Waals surface area contributed by atoms with E-state index in [-0.39, 0.29) is 18.4 Å². The maximum atomic E-state index is 11.3. The largest absolute Gasteiger partial charge is 0.482 e. The first-order valence-electron chi connectivity index (χ1n) is 6.56. The smallest absolute Gasteiger partial charge is 0.262 e. The van der Waals surface area contributed by atoms with Crippen molar-refractivity contribution in [2.75, 3.05) is 25.1 Å². The summed E-state index contributed by atoms with van der Waals surface area (Å²) in [6, 6.07) is 5.45. The molecule has 19 heavy (non-hydrogen) atoms. The number of amides is 1. The third kappa shape index (κ3) is 2.57. The molecule has 2 aliphatic heterocycles.